The summed E-state index contributed by atoms with van der Waals surface area (Å²) in [5, 5.41) is -2.61. The fraction of sp³-hybridized carbons (Fsp3) is 0.675. The Hall–Kier alpha value is -2.88. The van der Waals surface area contributed by atoms with Gasteiger partial charge in [-0.3, -0.25) is 31.7 Å². The van der Waals surface area contributed by atoms with Crippen molar-refractivity contribution in [3.63, 3.8) is 0 Å². The van der Waals surface area contributed by atoms with Crippen molar-refractivity contribution < 1.29 is 105 Å². The van der Waals surface area contributed by atoms with E-state index in [1.54, 1.807) is 0 Å². The fourth-order valence-corrected chi connectivity index (χ4v) is 18.7. The fourth-order valence-electron chi connectivity index (χ4n) is 9.59. The summed E-state index contributed by atoms with van der Waals surface area (Å²) in [5.74, 6) is -2.04. The third-order valence-electron chi connectivity index (χ3n) is 12.4. The highest BCUT2D eigenvalue weighted by molar-refractivity contribution is 8.14. The van der Waals surface area contributed by atoms with Gasteiger partial charge in [-0.1, -0.05) is 55.0 Å². The molecular weight excluding hydrogens is 1070 g/mol. The Labute approximate surface area is 419 Å². The van der Waals surface area contributed by atoms with E-state index < -0.39 is 113 Å². The lowest BCUT2D eigenvalue weighted by molar-refractivity contribution is -0.164. The molecule has 388 valence electrons. The number of fused-ring (bicyclic) bond motifs is 3. The molecule has 70 heavy (non-hydrogen) atoms. The van der Waals surface area contributed by atoms with Gasteiger partial charge in [-0.25, -0.2) is 14.4 Å². The van der Waals surface area contributed by atoms with E-state index in [2.05, 4.69) is 19.7 Å². The first-order valence-electron chi connectivity index (χ1n) is 21.5. The van der Waals surface area contributed by atoms with Crippen LogP contribution < -0.4 is 0 Å². The Morgan fingerprint density at radius 1 is 0.557 bits per heavy atom. The van der Waals surface area contributed by atoms with Crippen LogP contribution in [0.3, 0.4) is 0 Å². The molecule has 0 N–H and O–H groups in total. The Morgan fingerprint density at radius 2 is 1.11 bits per heavy atom. The van der Waals surface area contributed by atoms with Gasteiger partial charge in [-0.2, -0.15) is 25.3 Å². The van der Waals surface area contributed by atoms with Gasteiger partial charge < -0.3 is 33.2 Å². The Bertz CT molecular complexity index is 2340. The molecule has 30 heteroatoms. The van der Waals surface area contributed by atoms with Gasteiger partial charge in [0.2, 0.25) is 15.3 Å². The third kappa shape index (κ3) is 12.5. The minimum Gasteiger partial charge on any atom is -0.463 e. The van der Waals surface area contributed by atoms with Gasteiger partial charge in [0.05, 0.1) is 28.5 Å². The lowest BCUT2D eigenvalue weighted by atomic mass is 9.94. The molecule has 7 saturated heterocycles. The van der Waals surface area contributed by atoms with Crippen LogP contribution in [0.1, 0.15) is 25.7 Å². The van der Waals surface area contributed by atoms with Crippen LogP contribution in [0.4, 0.5) is 0 Å². The number of carbonyl (C=O) groups excluding carboxylic acids is 7. The zero-order chi connectivity index (χ0) is 50.7. The van der Waals surface area contributed by atoms with Crippen LogP contribution in [-0.4, -0.2) is 190 Å². The van der Waals surface area contributed by atoms with Gasteiger partial charge in [0.15, 0.2) is 6.61 Å². The highest BCUT2D eigenvalue weighted by atomic mass is 32.2. The summed E-state index contributed by atoms with van der Waals surface area (Å²) >= 11 is 4.19. The van der Waals surface area contributed by atoms with E-state index in [0.717, 1.165) is 36.0 Å². The minimum atomic E-state index is -3.60. The van der Waals surface area contributed by atoms with Crippen molar-refractivity contribution in [2.45, 2.75) is 101 Å². The molecule has 15 unspecified atom stereocenters. The molecule has 7 heterocycles. The van der Waals surface area contributed by atoms with Gasteiger partial charge in [-0.15, -0.1) is 11.8 Å². The summed E-state index contributed by atoms with van der Waals surface area (Å²) in [4.78, 5) is 79.3. The number of ether oxygens (including phenoxy) is 7. The zero-order valence-electron chi connectivity index (χ0n) is 36.7. The largest absolute Gasteiger partial charge is 0.463 e. The molecule has 9 aliphatic rings. The molecule has 7 aliphatic heterocycles. The van der Waals surface area contributed by atoms with E-state index in [1.165, 1.54) is 23.9 Å². The van der Waals surface area contributed by atoms with Crippen LogP contribution in [0.15, 0.2) is 38.0 Å². The molecule has 6 bridgehead atoms. The predicted octanol–water partition coefficient (Wildman–Crippen LogP) is -0.00140. The van der Waals surface area contributed by atoms with Gasteiger partial charge >= 0.3 is 23.9 Å². The van der Waals surface area contributed by atoms with Gasteiger partial charge in [-0.05, 0) is 49.8 Å². The second-order valence-electron chi connectivity index (χ2n) is 16.6. The quantitative estimate of drug-likeness (QED) is 0.0509. The Morgan fingerprint density at radius 3 is 1.74 bits per heavy atom. The zero-order valence-corrected chi connectivity index (χ0v) is 42.5. The van der Waals surface area contributed by atoms with E-state index in [4.69, 9.17) is 45.7 Å². The lowest BCUT2D eigenvalue weighted by Gasteiger charge is -2.24. The van der Waals surface area contributed by atoms with E-state index >= 15 is 0 Å². The summed E-state index contributed by atoms with van der Waals surface area (Å²) < 4.78 is 122. The van der Waals surface area contributed by atoms with Gasteiger partial charge in [0.25, 0.3) is 30.4 Å². The standard InChI is InChI=1S/C14H18O7S2.C13H14O8S3.C13H16O8S2/c1-2-12(16)22-4-3-19-11(15)7-20-13-8-5-9-10(6-8)23(17,18)21-14(9)13;1-2-10(16)22-5-9(15)19-4-8(14)20-11-6-3-7-13(23-6)12(11)21-24(7,17)18;1-2-10(15)22-4-3-18-9(14)6-19-11-7-5-8-12(20-7)13(11)21-23(8,16)17/h2,8-10,13-14H,1,3-7H2;2,6-7,11-13H,1,3-5H2;2,7-8,11-13H,1,3-6H2. The van der Waals surface area contributed by atoms with Crippen molar-refractivity contribution in [2.24, 2.45) is 11.8 Å². The first kappa shape index (κ1) is 54.9. The molecular formula is C40H48O23S7. The smallest absolute Gasteiger partial charge is 0.344 e. The monoisotopic (exact) mass is 1120 g/mol. The number of thioether (sulfide) groups is 4. The summed E-state index contributed by atoms with van der Waals surface area (Å²) in [7, 11) is -10.6. The number of rotatable bonds is 20. The van der Waals surface area contributed by atoms with Crippen molar-refractivity contribution in [1.29, 1.82) is 0 Å². The maximum atomic E-state index is 11.8. The van der Waals surface area contributed by atoms with Crippen LogP contribution in [0.2, 0.25) is 0 Å². The topological polar surface area (TPSA) is 314 Å². The van der Waals surface area contributed by atoms with Crippen LogP contribution >= 0.6 is 47.0 Å². The average Bonchev–Trinajstić information content (AvgIpc) is 4.21. The normalized spacial score (nSPS) is 35.6. The van der Waals surface area contributed by atoms with E-state index in [-0.39, 0.29) is 82.1 Å². The molecule has 2 saturated carbocycles. The highest BCUT2D eigenvalue weighted by Gasteiger charge is 2.68. The summed E-state index contributed by atoms with van der Waals surface area (Å²) in [6, 6.07) is 0. The van der Waals surface area contributed by atoms with E-state index in [0.29, 0.717) is 42.5 Å². The van der Waals surface area contributed by atoms with Crippen molar-refractivity contribution in [3.8, 4) is 0 Å². The average molecular weight is 1120 g/mol. The Balaban J connectivity index is 0.000000155. The first-order chi connectivity index (χ1) is 33.2. The first-order valence-corrected chi connectivity index (χ1v) is 29.8. The molecule has 0 aromatic heterocycles. The lowest BCUT2D eigenvalue weighted by Crippen LogP contribution is -2.42. The molecule has 23 nitrogen and oxygen atoms in total. The molecule has 0 amide bonds. The molecule has 0 spiro atoms. The van der Waals surface area contributed by atoms with E-state index in [9.17, 15) is 58.8 Å². The summed E-state index contributed by atoms with van der Waals surface area (Å²) in [6.07, 6.45) is 1.20. The second-order valence-corrected chi connectivity index (χ2v) is 26.5. The Kier molecular flexibility index (Phi) is 18.1. The summed E-state index contributed by atoms with van der Waals surface area (Å²) in [5.41, 5.74) is 0. The van der Waals surface area contributed by atoms with Gasteiger partial charge in [0, 0.05) is 22.7 Å². The molecule has 15 atom stereocenters. The molecule has 0 radical (unpaired) electrons. The van der Waals surface area contributed by atoms with Crippen molar-refractivity contribution in [3.05, 3.63) is 38.0 Å². The van der Waals surface area contributed by atoms with Gasteiger partial charge in [0.1, 0.15) is 73.6 Å². The number of carbonyl (C=O) groups is 7. The van der Waals surface area contributed by atoms with Crippen molar-refractivity contribution in [1.82, 2.24) is 0 Å². The molecule has 2 aliphatic carbocycles. The second kappa shape index (κ2) is 23.1. The van der Waals surface area contributed by atoms with Crippen molar-refractivity contribution >= 4 is 117 Å². The number of esters is 4. The minimum absolute atomic E-state index is 0.00710. The van der Waals surface area contributed by atoms with Crippen LogP contribution in [0, 0.1) is 11.8 Å². The molecule has 9 rings (SSSR count). The molecule has 0 aromatic rings. The highest BCUT2D eigenvalue weighted by Crippen LogP contribution is 2.57. The predicted molar refractivity (Wildman–Crippen MR) is 247 cm³/mol. The van der Waals surface area contributed by atoms with Crippen LogP contribution in [0.25, 0.3) is 0 Å². The van der Waals surface area contributed by atoms with Crippen LogP contribution in [0.5, 0.6) is 0 Å². The van der Waals surface area contributed by atoms with Crippen LogP contribution in [-0.2, 0) is 110 Å². The number of hydrogen-bond donors (Lipinski definition) is 0. The summed E-state index contributed by atoms with van der Waals surface area (Å²) in [6.45, 7) is 8.98. The molecule has 9 fully saturated rings. The number of hydrogen-bond acceptors (Lipinski definition) is 27. The van der Waals surface area contributed by atoms with Crippen molar-refractivity contribution in [2.75, 3.05) is 50.3 Å². The van der Waals surface area contributed by atoms with E-state index in [1.807, 2.05) is 0 Å². The third-order valence-corrected chi connectivity index (χ3v) is 22.0. The SMILES string of the molecule is C=CC(=O)SCC(=O)OCC(=O)OC1C2CC3C(S2)C1OS3(=O)=O.C=CC(=O)SCCOC(=O)COC1C2CC3C(O2)C1OS3(=O)=O.C=CC(=O)SCCOC(=O)COC1C2CC3C1OS(=O)(=O)C3C2. The maximum absolute atomic E-state index is 11.8. The molecule has 0 aromatic carbocycles. The maximum Gasteiger partial charge on any atom is 0.344 e.